The van der Waals surface area contributed by atoms with E-state index >= 15 is 0 Å². The second-order valence-corrected chi connectivity index (χ2v) is 4.37. The van der Waals surface area contributed by atoms with Gasteiger partial charge in [0, 0.05) is 5.56 Å². The highest BCUT2D eigenvalue weighted by atomic mass is 16.6. The van der Waals surface area contributed by atoms with Crippen LogP contribution >= 0.6 is 0 Å². The first-order valence-electron chi connectivity index (χ1n) is 6.70. The lowest BCUT2D eigenvalue weighted by Gasteiger charge is -2.16. The molecule has 0 saturated carbocycles. The van der Waals surface area contributed by atoms with Crippen LogP contribution in [0.15, 0.2) is 54.6 Å². The predicted molar refractivity (Wildman–Crippen MR) is 78.6 cm³/mol. The Morgan fingerprint density at radius 3 is 2.40 bits per heavy atom. The van der Waals surface area contributed by atoms with Gasteiger partial charge in [0.15, 0.2) is 6.10 Å². The first-order chi connectivity index (χ1) is 9.72. The molecule has 0 amide bonds. The van der Waals surface area contributed by atoms with E-state index in [1.807, 2.05) is 54.6 Å². The fourth-order valence-corrected chi connectivity index (χ4v) is 1.92. The van der Waals surface area contributed by atoms with E-state index < -0.39 is 6.10 Å². The summed E-state index contributed by atoms with van der Waals surface area (Å²) in [7, 11) is 0. The van der Waals surface area contributed by atoms with Gasteiger partial charge in [-0.3, -0.25) is 0 Å². The van der Waals surface area contributed by atoms with E-state index in [9.17, 15) is 4.79 Å². The third-order valence-electron chi connectivity index (χ3n) is 2.89. The Hall–Kier alpha value is -2.29. The topological polar surface area (TPSA) is 35.5 Å². The van der Waals surface area contributed by atoms with Crippen LogP contribution in [0.1, 0.15) is 13.8 Å². The number of carbonyl (C=O) groups excluding carboxylic acids is 1. The van der Waals surface area contributed by atoms with Crippen LogP contribution in [0.5, 0.6) is 5.75 Å². The molecule has 0 heterocycles. The highest BCUT2D eigenvalue weighted by molar-refractivity contribution is 5.76. The van der Waals surface area contributed by atoms with Gasteiger partial charge in [-0.25, -0.2) is 4.79 Å². The molecule has 0 N–H and O–H groups in total. The highest BCUT2D eigenvalue weighted by Crippen LogP contribution is 2.30. The Labute approximate surface area is 119 Å². The molecule has 0 aliphatic rings. The zero-order valence-electron chi connectivity index (χ0n) is 11.7. The minimum Gasteiger partial charge on any atom is -0.478 e. The van der Waals surface area contributed by atoms with Gasteiger partial charge >= 0.3 is 5.97 Å². The smallest absolute Gasteiger partial charge is 0.347 e. The first kappa shape index (κ1) is 14.1. The summed E-state index contributed by atoms with van der Waals surface area (Å²) in [6.45, 7) is 3.83. The minimum atomic E-state index is -0.625. The van der Waals surface area contributed by atoms with Crippen LogP contribution in [0.2, 0.25) is 0 Å². The molecule has 0 aliphatic heterocycles. The van der Waals surface area contributed by atoms with Crippen molar-refractivity contribution in [3.8, 4) is 16.9 Å². The Morgan fingerprint density at radius 2 is 1.70 bits per heavy atom. The molecule has 0 bridgehead atoms. The Balaban J connectivity index is 2.23. The zero-order valence-corrected chi connectivity index (χ0v) is 11.7. The van der Waals surface area contributed by atoms with Gasteiger partial charge in [-0.2, -0.15) is 0 Å². The monoisotopic (exact) mass is 270 g/mol. The molecule has 3 heteroatoms. The van der Waals surface area contributed by atoms with E-state index in [1.54, 1.807) is 13.8 Å². The number of esters is 1. The maximum atomic E-state index is 11.6. The van der Waals surface area contributed by atoms with Crippen LogP contribution in [0, 0.1) is 0 Å². The fraction of sp³-hybridized carbons (Fsp3) is 0.235. The number of rotatable bonds is 5. The number of para-hydroxylation sites is 1. The summed E-state index contributed by atoms with van der Waals surface area (Å²) < 4.78 is 10.7. The molecule has 0 aromatic heterocycles. The number of hydrogen-bond donors (Lipinski definition) is 0. The fourth-order valence-electron chi connectivity index (χ4n) is 1.92. The second kappa shape index (κ2) is 6.75. The molecule has 20 heavy (non-hydrogen) atoms. The molecule has 3 nitrogen and oxygen atoms in total. The SMILES string of the molecule is CCOC(=O)C(C)Oc1ccccc1-c1ccccc1. The molecule has 0 aliphatic carbocycles. The third kappa shape index (κ3) is 3.38. The summed E-state index contributed by atoms with van der Waals surface area (Å²) in [6.07, 6.45) is -0.625. The van der Waals surface area contributed by atoms with Gasteiger partial charge in [0.05, 0.1) is 6.61 Å². The maximum Gasteiger partial charge on any atom is 0.347 e. The summed E-state index contributed by atoms with van der Waals surface area (Å²) in [5.41, 5.74) is 2.02. The van der Waals surface area contributed by atoms with E-state index in [2.05, 4.69) is 0 Å². The summed E-state index contributed by atoms with van der Waals surface area (Å²) in [5.74, 6) is 0.328. The summed E-state index contributed by atoms with van der Waals surface area (Å²) in [4.78, 5) is 11.6. The van der Waals surface area contributed by atoms with E-state index in [0.717, 1.165) is 11.1 Å². The van der Waals surface area contributed by atoms with Crippen molar-refractivity contribution in [2.24, 2.45) is 0 Å². The maximum absolute atomic E-state index is 11.6. The van der Waals surface area contributed by atoms with Gasteiger partial charge in [-0.1, -0.05) is 48.5 Å². The zero-order chi connectivity index (χ0) is 14.4. The summed E-state index contributed by atoms with van der Waals surface area (Å²) in [5, 5.41) is 0. The lowest BCUT2D eigenvalue weighted by atomic mass is 10.0. The van der Waals surface area contributed by atoms with Crippen molar-refractivity contribution in [1.29, 1.82) is 0 Å². The van der Waals surface area contributed by atoms with Gasteiger partial charge in [0.25, 0.3) is 0 Å². The molecule has 0 fully saturated rings. The van der Waals surface area contributed by atoms with Crippen LogP contribution in [-0.4, -0.2) is 18.7 Å². The van der Waals surface area contributed by atoms with Crippen molar-refractivity contribution in [3.05, 3.63) is 54.6 Å². The van der Waals surface area contributed by atoms with Crippen LogP contribution < -0.4 is 4.74 Å². The Bertz CT molecular complexity index is 563. The molecular weight excluding hydrogens is 252 g/mol. The van der Waals surface area contributed by atoms with Gasteiger partial charge < -0.3 is 9.47 Å². The number of ether oxygens (including phenoxy) is 2. The molecule has 2 aromatic rings. The minimum absolute atomic E-state index is 0.352. The largest absolute Gasteiger partial charge is 0.478 e. The molecule has 0 radical (unpaired) electrons. The first-order valence-corrected chi connectivity index (χ1v) is 6.70. The summed E-state index contributed by atoms with van der Waals surface area (Å²) in [6, 6.07) is 17.6. The molecule has 2 rings (SSSR count). The molecule has 2 aromatic carbocycles. The van der Waals surface area contributed by atoms with Crippen molar-refractivity contribution in [3.63, 3.8) is 0 Å². The predicted octanol–water partition coefficient (Wildman–Crippen LogP) is 3.68. The molecular formula is C17H18O3. The van der Waals surface area contributed by atoms with E-state index in [-0.39, 0.29) is 5.97 Å². The summed E-state index contributed by atoms with van der Waals surface area (Å²) >= 11 is 0. The van der Waals surface area contributed by atoms with Gasteiger partial charge in [-0.05, 0) is 25.5 Å². The van der Waals surface area contributed by atoms with Gasteiger partial charge in [-0.15, -0.1) is 0 Å². The second-order valence-electron chi connectivity index (χ2n) is 4.37. The van der Waals surface area contributed by atoms with Crippen molar-refractivity contribution >= 4 is 5.97 Å². The van der Waals surface area contributed by atoms with Crippen molar-refractivity contribution in [2.45, 2.75) is 20.0 Å². The standard InChI is InChI=1S/C17H18O3/c1-3-19-17(18)13(2)20-16-12-8-7-11-15(16)14-9-5-4-6-10-14/h4-13H,3H2,1-2H3. The van der Waals surface area contributed by atoms with Crippen molar-refractivity contribution in [2.75, 3.05) is 6.61 Å². The Kier molecular flexibility index (Phi) is 4.77. The lowest BCUT2D eigenvalue weighted by Crippen LogP contribution is -2.26. The quantitative estimate of drug-likeness (QED) is 0.777. The van der Waals surface area contributed by atoms with Crippen molar-refractivity contribution < 1.29 is 14.3 Å². The van der Waals surface area contributed by atoms with Crippen molar-refractivity contribution in [1.82, 2.24) is 0 Å². The number of carbonyl (C=O) groups is 1. The number of hydrogen-bond acceptors (Lipinski definition) is 3. The Morgan fingerprint density at radius 1 is 1.05 bits per heavy atom. The molecule has 0 spiro atoms. The normalized spacial score (nSPS) is 11.7. The average Bonchev–Trinajstić information content (AvgIpc) is 2.49. The molecule has 0 saturated heterocycles. The molecule has 1 unspecified atom stereocenters. The van der Waals surface area contributed by atoms with Crippen LogP contribution in [0.4, 0.5) is 0 Å². The van der Waals surface area contributed by atoms with Crippen LogP contribution in [-0.2, 0) is 9.53 Å². The third-order valence-corrected chi connectivity index (χ3v) is 2.89. The molecule has 1 atom stereocenters. The molecule has 104 valence electrons. The highest BCUT2D eigenvalue weighted by Gasteiger charge is 2.17. The van der Waals surface area contributed by atoms with E-state index in [0.29, 0.717) is 12.4 Å². The van der Waals surface area contributed by atoms with E-state index in [1.165, 1.54) is 0 Å². The van der Waals surface area contributed by atoms with Crippen LogP contribution in [0.3, 0.4) is 0 Å². The van der Waals surface area contributed by atoms with Gasteiger partial charge in [0.2, 0.25) is 0 Å². The number of benzene rings is 2. The van der Waals surface area contributed by atoms with Crippen LogP contribution in [0.25, 0.3) is 11.1 Å². The van der Waals surface area contributed by atoms with E-state index in [4.69, 9.17) is 9.47 Å². The average molecular weight is 270 g/mol. The lowest BCUT2D eigenvalue weighted by molar-refractivity contribution is -0.150. The van der Waals surface area contributed by atoms with Gasteiger partial charge in [0.1, 0.15) is 5.75 Å².